The molecule has 1 aromatic rings. The van der Waals surface area contributed by atoms with Crippen LogP contribution in [-0.2, 0) is 0 Å². The zero-order valence-corrected chi connectivity index (χ0v) is 15.4. The van der Waals surface area contributed by atoms with Crippen molar-refractivity contribution in [2.75, 3.05) is 19.6 Å². The molecule has 0 aromatic carbocycles. The molecular weight excluding hydrogens is 296 g/mol. The van der Waals surface area contributed by atoms with Gasteiger partial charge in [0.1, 0.15) is 12.1 Å². The fourth-order valence-corrected chi connectivity index (χ4v) is 6.39. The van der Waals surface area contributed by atoms with E-state index in [1.54, 1.807) is 0 Å². The minimum absolute atomic E-state index is 0.362. The summed E-state index contributed by atoms with van der Waals surface area (Å²) in [6.07, 6.45) is 11.9. The van der Waals surface area contributed by atoms with Crippen molar-refractivity contribution >= 4 is 0 Å². The molecule has 0 bridgehead atoms. The summed E-state index contributed by atoms with van der Waals surface area (Å²) in [6.45, 7) is 8.86. The van der Waals surface area contributed by atoms with Gasteiger partial charge in [-0.25, -0.2) is 4.98 Å². The molecule has 132 valence electrons. The van der Waals surface area contributed by atoms with Crippen molar-refractivity contribution in [3.63, 3.8) is 0 Å². The second-order valence-electron chi connectivity index (χ2n) is 8.56. The Bertz CT molecular complexity index is 562. The molecule has 3 fully saturated rings. The van der Waals surface area contributed by atoms with Crippen LogP contribution in [0.15, 0.2) is 24.4 Å². The van der Waals surface area contributed by atoms with Gasteiger partial charge in [0, 0.05) is 24.6 Å². The highest BCUT2D eigenvalue weighted by atomic mass is 16.5. The van der Waals surface area contributed by atoms with E-state index in [2.05, 4.69) is 18.8 Å². The third-order valence-corrected chi connectivity index (χ3v) is 7.66. The maximum atomic E-state index is 6.43. The van der Waals surface area contributed by atoms with Crippen molar-refractivity contribution in [2.24, 2.45) is 11.8 Å². The topological polar surface area (TPSA) is 22.1 Å². The predicted octanol–water partition coefficient (Wildman–Crippen LogP) is 4.43. The van der Waals surface area contributed by atoms with Crippen LogP contribution >= 0.6 is 0 Å². The summed E-state index contributed by atoms with van der Waals surface area (Å²) in [5, 5.41) is 0. The smallest absolute Gasteiger partial charge is 0.213 e. The summed E-state index contributed by atoms with van der Waals surface area (Å²) in [5.41, 5.74) is 0.464. The van der Waals surface area contributed by atoms with Gasteiger partial charge in [0.2, 0.25) is 5.88 Å². The van der Waals surface area contributed by atoms with Gasteiger partial charge < -0.3 is 9.22 Å². The van der Waals surface area contributed by atoms with Crippen molar-refractivity contribution in [3.05, 3.63) is 24.4 Å². The lowest BCUT2D eigenvalue weighted by molar-refractivity contribution is -0.953. The van der Waals surface area contributed by atoms with E-state index in [4.69, 9.17) is 4.74 Å². The molecule has 5 atom stereocenters. The molecule has 3 heteroatoms. The lowest BCUT2D eigenvalue weighted by Gasteiger charge is -2.43. The first-order chi connectivity index (χ1) is 11.7. The Morgan fingerprint density at radius 1 is 1.21 bits per heavy atom. The molecule has 1 saturated carbocycles. The van der Waals surface area contributed by atoms with E-state index in [0.29, 0.717) is 11.6 Å². The number of ether oxygens (including phenoxy) is 1. The molecule has 0 N–H and O–H groups in total. The summed E-state index contributed by atoms with van der Waals surface area (Å²) >= 11 is 0. The number of unbranched alkanes of at least 4 members (excludes halogenated alkanes) is 3. The normalized spacial score (nSPS) is 40.0. The molecule has 3 heterocycles. The van der Waals surface area contributed by atoms with Crippen LogP contribution in [0.3, 0.4) is 0 Å². The fraction of sp³-hybridized carbons (Fsp3) is 0.762. The third kappa shape index (κ3) is 2.39. The second kappa shape index (κ2) is 6.33. The Morgan fingerprint density at radius 3 is 2.92 bits per heavy atom. The Labute approximate surface area is 147 Å². The van der Waals surface area contributed by atoms with Crippen molar-refractivity contribution in [2.45, 2.75) is 70.4 Å². The van der Waals surface area contributed by atoms with E-state index >= 15 is 0 Å². The predicted molar refractivity (Wildman–Crippen MR) is 96.9 cm³/mol. The molecule has 0 amide bonds. The average Bonchev–Trinajstić information content (AvgIpc) is 3.16. The number of quaternary nitrogens is 1. The van der Waals surface area contributed by atoms with Gasteiger partial charge in [-0.05, 0) is 38.7 Å². The molecule has 0 unspecified atom stereocenters. The Balaban J connectivity index is 1.53. The van der Waals surface area contributed by atoms with Crippen LogP contribution in [0, 0.1) is 11.8 Å². The van der Waals surface area contributed by atoms with E-state index in [-0.39, 0.29) is 0 Å². The summed E-state index contributed by atoms with van der Waals surface area (Å²) < 4.78 is 7.77. The standard InChI is InChI=1S/C21H33N2O/c1-3-4-5-8-14-23-15-12-17-10-11-18(21(17,23)2)19(16-23)24-20-9-6-7-13-22-20/h6-7,9,13,17-19H,3-5,8,10-12,14-16H2,1-2H3/q+1/t17-,18+,19+,21+,23-/m0/s1. The molecule has 2 aliphatic heterocycles. The first kappa shape index (κ1) is 16.4. The van der Waals surface area contributed by atoms with Crippen molar-refractivity contribution in [3.8, 4) is 5.88 Å². The molecule has 1 aliphatic carbocycles. The molecule has 24 heavy (non-hydrogen) atoms. The van der Waals surface area contributed by atoms with Gasteiger partial charge in [-0.2, -0.15) is 0 Å². The van der Waals surface area contributed by atoms with Gasteiger partial charge >= 0.3 is 0 Å². The van der Waals surface area contributed by atoms with Crippen LogP contribution < -0.4 is 4.74 Å². The van der Waals surface area contributed by atoms with E-state index in [1.165, 1.54) is 69.1 Å². The van der Waals surface area contributed by atoms with Gasteiger partial charge in [0.25, 0.3) is 0 Å². The number of aromatic nitrogens is 1. The van der Waals surface area contributed by atoms with Crippen LogP contribution in [-0.4, -0.2) is 40.7 Å². The summed E-state index contributed by atoms with van der Waals surface area (Å²) in [4.78, 5) is 4.42. The van der Waals surface area contributed by atoms with Crippen LogP contribution in [0.1, 0.15) is 58.8 Å². The van der Waals surface area contributed by atoms with E-state index < -0.39 is 0 Å². The summed E-state index contributed by atoms with van der Waals surface area (Å²) in [6, 6.07) is 6.02. The first-order valence-corrected chi connectivity index (χ1v) is 10.1. The van der Waals surface area contributed by atoms with Gasteiger partial charge in [0.05, 0.1) is 19.0 Å². The van der Waals surface area contributed by atoms with Crippen molar-refractivity contribution in [1.29, 1.82) is 0 Å². The zero-order valence-electron chi connectivity index (χ0n) is 15.4. The highest BCUT2D eigenvalue weighted by Gasteiger charge is 2.71. The summed E-state index contributed by atoms with van der Waals surface area (Å²) in [7, 11) is 0. The SMILES string of the molecule is CCCCCC[N@+]12CC[C@@H]3CC[C@H]([C@H](Oc4ccccn4)C1)[C@@]32C. The molecule has 0 radical (unpaired) electrons. The number of hydrogen-bond donors (Lipinski definition) is 0. The van der Waals surface area contributed by atoms with Gasteiger partial charge in [-0.3, -0.25) is 0 Å². The van der Waals surface area contributed by atoms with Crippen LogP contribution in [0.2, 0.25) is 0 Å². The van der Waals surface area contributed by atoms with Gasteiger partial charge in [0.15, 0.2) is 6.10 Å². The first-order valence-electron chi connectivity index (χ1n) is 10.1. The molecule has 2 saturated heterocycles. The fourth-order valence-electron chi connectivity index (χ4n) is 6.39. The van der Waals surface area contributed by atoms with Crippen LogP contribution in [0.5, 0.6) is 5.88 Å². The summed E-state index contributed by atoms with van der Waals surface area (Å²) in [5.74, 6) is 2.46. The molecule has 3 nitrogen and oxygen atoms in total. The highest BCUT2D eigenvalue weighted by Crippen LogP contribution is 2.60. The maximum absolute atomic E-state index is 6.43. The number of hydrogen-bond acceptors (Lipinski definition) is 2. The van der Waals surface area contributed by atoms with Crippen LogP contribution in [0.25, 0.3) is 0 Å². The molecule has 4 rings (SSSR count). The number of rotatable bonds is 7. The molecular formula is C21H33N2O+. The third-order valence-electron chi connectivity index (χ3n) is 7.66. The molecule has 0 spiro atoms. The Kier molecular flexibility index (Phi) is 4.32. The lowest BCUT2D eigenvalue weighted by atomic mass is 9.83. The minimum atomic E-state index is 0.362. The monoisotopic (exact) mass is 329 g/mol. The van der Waals surface area contributed by atoms with E-state index in [9.17, 15) is 0 Å². The minimum Gasteiger partial charge on any atom is -0.468 e. The van der Waals surface area contributed by atoms with Crippen LogP contribution in [0.4, 0.5) is 0 Å². The maximum Gasteiger partial charge on any atom is 0.213 e. The largest absolute Gasteiger partial charge is 0.468 e. The van der Waals surface area contributed by atoms with Crippen molar-refractivity contribution in [1.82, 2.24) is 4.98 Å². The average molecular weight is 330 g/mol. The van der Waals surface area contributed by atoms with Gasteiger partial charge in [-0.1, -0.05) is 25.8 Å². The van der Waals surface area contributed by atoms with Crippen molar-refractivity contribution < 1.29 is 9.22 Å². The zero-order chi connectivity index (χ0) is 16.6. The Hall–Kier alpha value is -1.09. The second-order valence-corrected chi connectivity index (χ2v) is 8.56. The van der Waals surface area contributed by atoms with E-state index in [0.717, 1.165) is 17.7 Å². The molecule has 3 aliphatic rings. The molecule has 1 aromatic heterocycles. The lowest BCUT2D eigenvalue weighted by Crippen LogP contribution is -2.58. The number of nitrogens with zero attached hydrogens (tertiary/aromatic N) is 2. The van der Waals surface area contributed by atoms with E-state index in [1.807, 2.05) is 24.4 Å². The Morgan fingerprint density at radius 2 is 2.12 bits per heavy atom. The quantitative estimate of drug-likeness (QED) is 0.545. The highest BCUT2D eigenvalue weighted by molar-refractivity contribution is 5.13. The van der Waals surface area contributed by atoms with Gasteiger partial charge in [-0.15, -0.1) is 0 Å². The number of pyridine rings is 1.